The van der Waals surface area contributed by atoms with Crippen LogP contribution in [0.1, 0.15) is 47.1 Å². The number of anilines is 2. The number of carbonyl (C=O) groups is 2. The van der Waals surface area contributed by atoms with E-state index in [9.17, 15) is 14.9 Å². The van der Waals surface area contributed by atoms with E-state index in [2.05, 4.69) is 24.1 Å². The fourth-order valence-electron chi connectivity index (χ4n) is 3.02. The third-order valence-electron chi connectivity index (χ3n) is 4.79. The van der Waals surface area contributed by atoms with Gasteiger partial charge >= 0.3 is 5.97 Å². The average Bonchev–Trinajstić information content (AvgIpc) is 3.01. The highest BCUT2D eigenvalue weighted by molar-refractivity contribution is 7.16. The van der Waals surface area contributed by atoms with Gasteiger partial charge in [-0.25, -0.2) is 4.79 Å². The smallest absolute Gasteiger partial charge is 0.341 e. The first kappa shape index (κ1) is 23.2. The van der Waals surface area contributed by atoms with Gasteiger partial charge < -0.3 is 15.0 Å². The zero-order valence-corrected chi connectivity index (χ0v) is 18.9. The highest BCUT2D eigenvalue weighted by Crippen LogP contribution is 2.33. The predicted octanol–water partition coefficient (Wildman–Crippen LogP) is 4.93. The number of hydrogen-bond acceptors (Lipinski definition) is 6. The first-order chi connectivity index (χ1) is 14.4. The van der Waals surface area contributed by atoms with Crippen LogP contribution in [0.2, 0.25) is 0 Å². The monoisotopic (exact) mass is 425 g/mol. The number of carbonyl (C=O) groups excluding carboxylic acids is 2. The molecule has 0 aliphatic rings. The molecule has 0 fully saturated rings. The quantitative estimate of drug-likeness (QED) is 0.368. The summed E-state index contributed by atoms with van der Waals surface area (Å²) in [6.45, 7) is 11.6. The van der Waals surface area contributed by atoms with Gasteiger partial charge in [0.2, 0.25) is 0 Å². The molecule has 0 atom stereocenters. The Morgan fingerprint density at radius 1 is 1.17 bits per heavy atom. The van der Waals surface area contributed by atoms with Gasteiger partial charge in [0.05, 0.1) is 12.2 Å². The molecular formula is C23H27N3O3S. The molecule has 6 nitrogen and oxygen atoms in total. The summed E-state index contributed by atoms with van der Waals surface area (Å²) >= 11 is 1.29. The summed E-state index contributed by atoms with van der Waals surface area (Å²) in [5.74, 6) is -1.04. The molecule has 7 heteroatoms. The number of benzene rings is 1. The Morgan fingerprint density at radius 3 is 2.33 bits per heavy atom. The first-order valence-corrected chi connectivity index (χ1v) is 10.7. The molecule has 0 radical (unpaired) electrons. The Morgan fingerprint density at radius 2 is 1.80 bits per heavy atom. The molecule has 2 aromatic rings. The van der Waals surface area contributed by atoms with E-state index in [0.29, 0.717) is 10.6 Å². The molecule has 0 aliphatic carbocycles. The highest BCUT2D eigenvalue weighted by Gasteiger charge is 2.23. The van der Waals surface area contributed by atoms with Crippen LogP contribution in [0.5, 0.6) is 0 Å². The van der Waals surface area contributed by atoms with Crippen molar-refractivity contribution < 1.29 is 14.3 Å². The summed E-state index contributed by atoms with van der Waals surface area (Å²) in [6, 6.07) is 9.64. The van der Waals surface area contributed by atoms with Crippen molar-refractivity contribution in [1.29, 1.82) is 5.26 Å². The summed E-state index contributed by atoms with van der Waals surface area (Å²) in [6.07, 6.45) is 1.54. The lowest BCUT2D eigenvalue weighted by atomic mass is 10.1. The second kappa shape index (κ2) is 10.6. The first-order valence-electron chi connectivity index (χ1n) is 9.91. The molecule has 1 heterocycles. The minimum atomic E-state index is -0.558. The maximum Gasteiger partial charge on any atom is 0.341 e. The summed E-state index contributed by atoms with van der Waals surface area (Å²) in [5.41, 5.74) is 2.91. The lowest BCUT2D eigenvalue weighted by Gasteiger charge is -2.20. The number of esters is 1. The van der Waals surface area contributed by atoms with Gasteiger partial charge in [-0.3, -0.25) is 4.79 Å². The Bertz CT molecular complexity index is 980. The van der Waals surface area contributed by atoms with Crippen molar-refractivity contribution in [2.24, 2.45) is 0 Å². The van der Waals surface area contributed by atoms with E-state index < -0.39 is 11.9 Å². The zero-order chi connectivity index (χ0) is 22.3. The van der Waals surface area contributed by atoms with Crippen LogP contribution >= 0.6 is 11.3 Å². The second-order valence-electron chi connectivity index (χ2n) is 6.60. The largest absolute Gasteiger partial charge is 0.462 e. The zero-order valence-electron chi connectivity index (χ0n) is 18.0. The Balaban J connectivity index is 2.27. The normalized spacial score (nSPS) is 11.0. The van der Waals surface area contributed by atoms with Gasteiger partial charge in [0.1, 0.15) is 16.6 Å². The van der Waals surface area contributed by atoms with E-state index in [1.165, 1.54) is 11.3 Å². The van der Waals surface area contributed by atoms with Crippen molar-refractivity contribution in [2.45, 2.75) is 34.6 Å². The number of rotatable bonds is 8. The van der Waals surface area contributed by atoms with E-state index in [0.717, 1.165) is 34.8 Å². The molecule has 158 valence electrons. The van der Waals surface area contributed by atoms with Crippen LogP contribution in [-0.2, 0) is 9.53 Å². The Hall–Kier alpha value is -3.11. The van der Waals surface area contributed by atoms with Gasteiger partial charge in [-0.2, -0.15) is 5.26 Å². The molecule has 1 amide bonds. The summed E-state index contributed by atoms with van der Waals surface area (Å²) in [5, 5.41) is 12.6. The molecule has 1 aromatic heterocycles. The maximum atomic E-state index is 12.7. The Kier molecular flexibility index (Phi) is 8.19. The molecule has 0 unspecified atom stereocenters. The van der Waals surface area contributed by atoms with Gasteiger partial charge in [-0.05, 0) is 64.0 Å². The molecule has 0 saturated heterocycles. The Labute approximate surface area is 181 Å². The standard InChI is InChI=1S/C23H27N3O3S/c1-6-26(7-2)19-11-9-17(10-12-19)13-18(14-24)21(27)25-22-20(23(28)29-8-3)15(4)16(5)30-22/h9-13H,6-8H2,1-5H3,(H,25,27)/b18-13-. The van der Waals surface area contributed by atoms with Crippen LogP contribution in [0.25, 0.3) is 6.08 Å². The number of thiophene rings is 1. The number of nitrogens with one attached hydrogen (secondary N) is 1. The number of nitriles is 1. The van der Waals surface area contributed by atoms with Crippen LogP contribution < -0.4 is 10.2 Å². The minimum absolute atomic E-state index is 0.0379. The van der Waals surface area contributed by atoms with Gasteiger partial charge in [-0.15, -0.1) is 11.3 Å². The SMILES string of the molecule is CCOC(=O)c1c(NC(=O)/C(C#N)=C\c2ccc(N(CC)CC)cc2)sc(C)c1C. The number of hydrogen-bond donors (Lipinski definition) is 1. The number of ether oxygens (including phenoxy) is 1. The van der Waals surface area contributed by atoms with E-state index >= 15 is 0 Å². The van der Waals surface area contributed by atoms with Crippen LogP contribution in [0.4, 0.5) is 10.7 Å². The molecule has 1 aromatic carbocycles. The van der Waals surface area contributed by atoms with E-state index in [1.54, 1.807) is 13.0 Å². The van der Waals surface area contributed by atoms with Crippen LogP contribution in [0.3, 0.4) is 0 Å². The fraction of sp³-hybridized carbons (Fsp3) is 0.348. The second-order valence-corrected chi connectivity index (χ2v) is 7.82. The lowest BCUT2D eigenvalue weighted by molar-refractivity contribution is -0.112. The molecule has 1 N–H and O–H groups in total. The van der Waals surface area contributed by atoms with E-state index in [-0.39, 0.29) is 12.2 Å². The maximum absolute atomic E-state index is 12.7. The molecule has 30 heavy (non-hydrogen) atoms. The van der Waals surface area contributed by atoms with Crippen LogP contribution in [0, 0.1) is 25.2 Å². The predicted molar refractivity (Wildman–Crippen MR) is 122 cm³/mol. The number of aryl methyl sites for hydroxylation is 1. The van der Waals surface area contributed by atoms with Crippen molar-refractivity contribution in [2.75, 3.05) is 29.9 Å². The molecule has 2 rings (SSSR count). The molecule has 0 spiro atoms. The molecule has 0 aliphatic heterocycles. The highest BCUT2D eigenvalue weighted by atomic mass is 32.1. The third-order valence-corrected chi connectivity index (χ3v) is 5.91. The summed E-state index contributed by atoms with van der Waals surface area (Å²) < 4.78 is 5.11. The lowest BCUT2D eigenvalue weighted by Crippen LogP contribution is -2.21. The average molecular weight is 426 g/mol. The van der Waals surface area contributed by atoms with E-state index in [4.69, 9.17) is 4.74 Å². The van der Waals surface area contributed by atoms with Gasteiger partial charge in [0.15, 0.2) is 0 Å². The van der Waals surface area contributed by atoms with Gasteiger partial charge in [-0.1, -0.05) is 12.1 Å². The van der Waals surface area contributed by atoms with Crippen molar-refractivity contribution >= 4 is 40.0 Å². The van der Waals surface area contributed by atoms with Crippen molar-refractivity contribution in [3.05, 3.63) is 51.4 Å². The summed E-state index contributed by atoms with van der Waals surface area (Å²) in [4.78, 5) is 28.1. The summed E-state index contributed by atoms with van der Waals surface area (Å²) in [7, 11) is 0. The fourth-order valence-corrected chi connectivity index (χ4v) is 4.06. The van der Waals surface area contributed by atoms with Crippen molar-refractivity contribution in [1.82, 2.24) is 0 Å². The van der Waals surface area contributed by atoms with Gasteiger partial charge in [0.25, 0.3) is 5.91 Å². The van der Waals surface area contributed by atoms with E-state index in [1.807, 2.05) is 44.2 Å². The third kappa shape index (κ3) is 5.28. The van der Waals surface area contributed by atoms with Crippen molar-refractivity contribution in [3.8, 4) is 6.07 Å². The van der Waals surface area contributed by atoms with Crippen LogP contribution in [0.15, 0.2) is 29.8 Å². The molecule has 0 bridgehead atoms. The number of amides is 1. The van der Waals surface area contributed by atoms with Gasteiger partial charge in [0, 0.05) is 23.7 Å². The minimum Gasteiger partial charge on any atom is -0.462 e. The van der Waals surface area contributed by atoms with Crippen molar-refractivity contribution in [3.63, 3.8) is 0 Å². The molecular weight excluding hydrogens is 398 g/mol. The van der Waals surface area contributed by atoms with Crippen LogP contribution in [-0.4, -0.2) is 31.6 Å². The molecule has 0 saturated carbocycles. The topological polar surface area (TPSA) is 82.4 Å². The number of nitrogens with zero attached hydrogens (tertiary/aromatic N) is 2.